The monoisotopic (exact) mass is 248 g/mol. The Kier molecular flexibility index (Phi) is 5.86. The number of unbranched alkanes of at least 4 members (excludes halogenated alkanes) is 1. The van der Waals surface area contributed by atoms with E-state index >= 15 is 0 Å². The summed E-state index contributed by atoms with van der Waals surface area (Å²) in [7, 11) is 0. The molecule has 0 saturated heterocycles. The molecule has 0 bridgehead atoms. The van der Waals surface area contributed by atoms with Crippen molar-refractivity contribution in [3.8, 4) is 0 Å². The van der Waals surface area contributed by atoms with Gasteiger partial charge in [0.2, 0.25) is 5.91 Å². The number of hydrogen-bond donors (Lipinski definition) is 2. The summed E-state index contributed by atoms with van der Waals surface area (Å²) in [5.74, 6) is 0.108. The van der Waals surface area contributed by atoms with Gasteiger partial charge in [-0.05, 0) is 51.3 Å². The van der Waals surface area contributed by atoms with Crippen molar-refractivity contribution < 1.29 is 4.79 Å². The summed E-state index contributed by atoms with van der Waals surface area (Å²) in [5.41, 5.74) is 9.05. The topological polar surface area (TPSA) is 55.1 Å². The van der Waals surface area contributed by atoms with Crippen LogP contribution in [0.15, 0.2) is 18.2 Å². The van der Waals surface area contributed by atoms with E-state index in [0.29, 0.717) is 13.0 Å². The number of hydrogen-bond acceptors (Lipinski definition) is 2. The van der Waals surface area contributed by atoms with Gasteiger partial charge in [-0.25, -0.2) is 0 Å². The third-order valence-electron chi connectivity index (χ3n) is 3.14. The molecule has 0 radical (unpaired) electrons. The van der Waals surface area contributed by atoms with Crippen molar-refractivity contribution in [1.29, 1.82) is 0 Å². The smallest absolute Gasteiger partial charge is 0.220 e. The summed E-state index contributed by atoms with van der Waals surface area (Å²) in [6.45, 7) is 6.83. The molecule has 0 aliphatic heterocycles. The quantitative estimate of drug-likeness (QED) is 0.760. The summed E-state index contributed by atoms with van der Waals surface area (Å²) in [4.78, 5) is 11.7. The van der Waals surface area contributed by atoms with Crippen molar-refractivity contribution in [2.24, 2.45) is 5.73 Å². The maximum atomic E-state index is 11.7. The van der Waals surface area contributed by atoms with Gasteiger partial charge >= 0.3 is 0 Å². The van der Waals surface area contributed by atoms with Gasteiger partial charge in [-0.2, -0.15) is 0 Å². The zero-order chi connectivity index (χ0) is 13.5. The first-order valence-corrected chi connectivity index (χ1v) is 6.61. The van der Waals surface area contributed by atoms with Crippen LogP contribution in [-0.4, -0.2) is 12.5 Å². The first-order valence-electron chi connectivity index (χ1n) is 6.61. The highest BCUT2D eigenvalue weighted by molar-refractivity contribution is 5.76. The maximum Gasteiger partial charge on any atom is 0.220 e. The molecule has 3 N–H and O–H groups in total. The van der Waals surface area contributed by atoms with E-state index in [1.807, 2.05) is 6.92 Å². The van der Waals surface area contributed by atoms with Crippen LogP contribution in [0.4, 0.5) is 0 Å². The van der Waals surface area contributed by atoms with Crippen molar-refractivity contribution >= 4 is 5.91 Å². The van der Waals surface area contributed by atoms with E-state index in [2.05, 4.69) is 37.4 Å². The molecule has 1 unspecified atom stereocenters. The SMILES string of the molecule is Cc1ccc(C)c(C(C)NC(=O)CCCCN)c1. The Bertz CT molecular complexity index is 401. The number of rotatable bonds is 6. The molecule has 3 heteroatoms. The van der Waals surface area contributed by atoms with E-state index in [0.717, 1.165) is 12.8 Å². The Labute approximate surface area is 110 Å². The summed E-state index contributed by atoms with van der Waals surface area (Å²) >= 11 is 0. The van der Waals surface area contributed by atoms with Crippen LogP contribution in [0, 0.1) is 13.8 Å². The van der Waals surface area contributed by atoms with Crippen LogP contribution >= 0.6 is 0 Å². The second kappa shape index (κ2) is 7.17. The fraction of sp³-hybridized carbons (Fsp3) is 0.533. The molecule has 3 nitrogen and oxygen atoms in total. The number of nitrogens with one attached hydrogen (secondary N) is 1. The van der Waals surface area contributed by atoms with Gasteiger partial charge in [0.05, 0.1) is 6.04 Å². The van der Waals surface area contributed by atoms with Crippen LogP contribution in [0.2, 0.25) is 0 Å². The minimum Gasteiger partial charge on any atom is -0.350 e. The zero-order valence-electron chi connectivity index (χ0n) is 11.6. The van der Waals surface area contributed by atoms with Crippen molar-refractivity contribution in [2.75, 3.05) is 6.54 Å². The molecule has 0 aromatic heterocycles. The van der Waals surface area contributed by atoms with Gasteiger partial charge in [-0.15, -0.1) is 0 Å². The third kappa shape index (κ3) is 4.49. The Morgan fingerprint density at radius 2 is 2.06 bits per heavy atom. The first kappa shape index (κ1) is 14.7. The lowest BCUT2D eigenvalue weighted by molar-refractivity contribution is -0.121. The van der Waals surface area contributed by atoms with Gasteiger partial charge in [0, 0.05) is 6.42 Å². The molecular weight excluding hydrogens is 224 g/mol. The second-order valence-electron chi connectivity index (χ2n) is 4.90. The van der Waals surface area contributed by atoms with Crippen LogP contribution in [0.25, 0.3) is 0 Å². The molecule has 18 heavy (non-hydrogen) atoms. The molecule has 1 atom stereocenters. The van der Waals surface area contributed by atoms with Crippen molar-refractivity contribution in [3.05, 3.63) is 34.9 Å². The molecule has 0 fully saturated rings. The van der Waals surface area contributed by atoms with E-state index in [4.69, 9.17) is 5.73 Å². The average Bonchev–Trinajstić information content (AvgIpc) is 2.32. The van der Waals surface area contributed by atoms with E-state index in [-0.39, 0.29) is 11.9 Å². The minimum absolute atomic E-state index is 0.0651. The molecule has 1 aromatic carbocycles. The highest BCUT2D eigenvalue weighted by atomic mass is 16.1. The molecule has 0 heterocycles. The molecule has 100 valence electrons. The number of carbonyl (C=O) groups excluding carboxylic acids is 1. The van der Waals surface area contributed by atoms with Crippen LogP contribution < -0.4 is 11.1 Å². The van der Waals surface area contributed by atoms with E-state index in [1.54, 1.807) is 0 Å². The molecule has 0 aliphatic rings. The Hall–Kier alpha value is -1.35. The summed E-state index contributed by atoms with van der Waals surface area (Å²) in [6, 6.07) is 6.39. The molecule has 1 rings (SSSR count). The normalized spacial score (nSPS) is 12.2. The highest BCUT2D eigenvalue weighted by Gasteiger charge is 2.11. The largest absolute Gasteiger partial charge is 0.350 e. The molecular formula is C15H24N2O. The standard InChI is InChI=1S/C15H24N2O/c1-11-7-8-12(2)14(10-11)13(3)17-15(18)6-4-5-9-16/h7-8,10,13H,4-6,9,16H2,1-3H3,(H,17,18). The van der Waals surface area contributed by atoms with Crippen molar-refractivity contribution in [1.82, 2.24) is 5.32 Å². The summed E-state index contributed by atoms with van der Waals surface area (Å²) < 4.78 is 0. The first-order chi connectivity index (χ1) is 8.54. The lowest BCUT2D eigenvalue weighted by Gasteiger charge is -2.17. The van der Waals surface area contributed by atoms with E-state index in [1.165, 1.54) is 16.7 Å². The van der Waals surface area contributed by atoms with E-state index < -0.39 is 0 Å². The van der Waals surface area contributed by atoms with Gasteiger partial charge < -0.3 is 11.1 Å². The van der Waals surface area contributed by atoms with Crippen LogP contribution in [0.3, 0.4) is 0 Å². The minimum atomic E-state index is 0.0651. The van der Waals surface area contributed by atoms with Crippen LogP contribution in [-0.2, 0) is 4.79 Å². The Balaban J connectivity index is 2.56. The Morgan fingerprint density at radius 3 is 2.72 bits per heavy atom. The average molecular weight is 248 g/mol. The molecule has 0 saturated carbocycles. The van der Waals surface area contributed by atoms with Crippen LogP contribution in [0.5, 0.6) is 0 Å². The summed E-state index contributed by atoms with van der Waals surface area (Å²) in [5, 5.41) is 3.04. The zero-order valence-corrected chi connectivity index (χ0v) is 11.6. The molecule has 1 amide bonds. The molecule has 1 aromatic rings. The van der Waals surface area contributed by atoms with Gasteiger partial charge in [0.1, 0.15) is 0 Å². The fourth-order valence-electron chi connectivity index (χ4n) is 2.05. The van der Waals surface area contributed by atoms with Gasteiger partial charge in [-0.1, -0.05) is 23.8 Å². The summed E-state index contributed by atoms with van der Waals surface area (Å²) in [6.07, 6.45) is 2.33. The van der Waals surface area contributed by atoms with E-state index in [9.17, 15) is 4.79 Å². The fourth-order valence-corrected chi connectivity index (χ4v) is 2.05. The number of benzene rings is 1. The van der Waals surface area contributed by atoms with Crippen molar-refractivity contribution in [3.63, 3.8) is 0 Å². The predicted octanol–water partition coefficient (Wildman–Crippen LogP) is 2.61. The van der Waals surface area contributed by atoms with Crippen LogP contribution in [0.1, 0.15) is 48.9 Å². The van der Waals surface area contributed by atoms with Gasteiger partial charge in [0.25, 0.3) is 0 Å². The Morgan fingerprint density at radius 1 is 1.33 bits per heavy atom. The van der Waals surface area contributed by atoms with Gasteiger partial charge in [0.15, 0.2) is 0 Å². The van der Waals surface area contributed by atoms with Crippen molar-refractivity contribution in [2.45, 2.75) is 46.1 Å². The lowest BCUT2D eigenvalue weighted by Crippen LogP contribution is -2.27. The molecule has 0 spiro atoms. The number of amides is 1. The number of carbonyl (C=O) groups is 1. The maximum absolute atomic E-state index is 11.7. The predicted molar refractivity (Wildman–Crippen MR) is 75.4 cm³/mol. The third-order valence-corrected chi connectivity index (χ3v) is 3.14. The molecule has 0 aliphatic carbocycles. The number of aryl methyl sites for hydroxylation is 2. The highest BCUT2D eigenvalue weighted by Crippen LogP contribution is 2.19. The lowest BCUT2D eigenvalue weighted by atomic mass is 10.00. The van der Waals surface area contributed by atoms with Gasteiger partial charge in [-0.3, -0.25) is 4.79 Å². The second-order valence-corrected chi connectivity index (χ2v) is 4.90. The number of nitrogens with two attached hydrogens (primary N) is 1.